The Kier molecular flexibility index (Phi) is 2.53. The Morgan fingerprint density at radius 3 is 2.09 bits per heavy atom. The number of β-lactam (4-membered cyclic amide) rings is 1. The SMILES string of the molecule is CCCC1(CCC)CC(=O)N1. The van der Waals surface area contributed by atoms with Gasteiger partial charge in [-0.15, -0.1) is 0 Å². The molecule has 1 heterocycles. The number of carbonyl (C=O) groups is 1. The highest BCUT2D eigenvalue weighted by Gasteiger charge is 2.40. The minimum absolute atomic E-state index is 0.195. The molecule has 0 aliphatic carbocycles. The summed E-state index contributed by atoms with van der Waals surface area (Å²) in [5.74, 6) is 0.229. The third-order valence-electron chi connectivity index (χ3n) is 2.36. The molecule has 1 aliphatic rings. The number of amides is 1. The standard InChI is InChI=1S/C9H17NO/c1-3-5-9(6-4-2)7-8(11)10-9/h3-7H2,1-2H3,(H,10,11). The predicted molar refractivity (Wildman–Crippen MR) is 45.3 cm³/mol. The van der Waals surface area contributed by atoms with E-state index in [-0.39, 0.29) is 11.4 Å². The first kappa shape index (κ1) is 8.57. The van der Waals surface area contributed by atoms with Crippen molar-refractivity contribution in [1.82, 2.24) is 5.32 Å². The summed E-state index contributed by atoms with van der Waals surface area (Å²) in [7, 11) is 0. The topological polar surface area (TPSA) is 29.1 Å². The number of nitrogens with one attached hydrogen (secondary N) is 1. The molecule has 1 aliphatic heterocycles. The molecule has 0 atom stereocenters. The van der Waals surface area contributed by atoms with Crippen LogP contribution in [0, 0.1) is 0 Å². The molecule has 0 unspecified atom stereocenters. The Morgan fingerprint density at radius 1 is 1.36 bits per heavy atom. The van der Waals surface area contributed by atoms with Crippen molar-refractivity contribution in [2.45, 2.75) is 51.5 Å². The third kappa shape index (κ3) is 1.73. The fourth-order valence-corrected chi connectivity index (χ4v) is 1.97. The van der Waals surface area contributed by atoms with Crippen LogP contribution in [0.1, 0.15) is 46.0 Å². The molecule has 1 rings (SSSR count). The maximum Gasteiger partial charge on any atom is 0.222 e. The van der Waals surface area contributed by atoms with Crippen molar-refractivity contribution in [1.29, 1.82) is 0 Å². The van der Waals surface area contributed by atoms with Gasteiger partial charge in [0.2, 0.25) is 5.91 Å². The van der Waals surface area contributed by atoms with E-state index in [1.165, 1.54) is 12.8 Å². The van der Waals surface area contributed by atoms with Crippen LogP contribution in [0.15, 0.2) is 0 Å². The maximum absolute atomic E-state index is 10.8. The lowest BCUT2D eigenvalue weighted by atomic mass is 9.79. The van der Waals surface area contributed by atoms with Crippen molar-refractivity contribution in [3.8, 4) is 0 Å². The summed E-state index contributed by atoms with van der Waals surface area (Å²) in [4.78, 5) is 10.8. The summed E-state index contributed by atoms with van der Waals surface area (Å²) in [6, 6.07) is 0. The van der Waals surface area contributed by atoms with Gasteiger partial charge in [0.05, 0.1) is 0 Å². The van der Waals surface area contributed by atoms with E-state index in [2.05, 4.69) is 19.2 Å². The van der Waals surface area contributed by atoms with Crippen LogP contribution >= 0.6 is 0 Å². The van der Waals surface area contributed by atoms with Gasteiger partial charge in [0.25, 0.3) is 0 Å². The van der Waals surface area contributed by atoms with Crippen molar-refractivity contribution >= 4 is 5.91 Å². The van der Waals surface area contributed by atoms with Crippen LogP contribution in [0.25, 0.3) is 0 Å². The minimum Gasteiger partial charge on any atom is -0.350 e. The van der Waals surface area contributed by atoms with E-state index in [4.69, 9.17) is 0 Å². The van der Waals surface area contributed by atoms with Gasteiger partial charge in [-0.05, 0) is 12.8 Å². The first-order chi connectivity index (χ1) is 5.22. The van der Waals surface area contributed by atoms with Crippen molar-refractivity contribution < 1.29 is 4.79 Å². The Labute approximate surface area is 68.4 Å². The monoisotopic (exact) mass is 155 g/mol. The van der Waals surface area contributed by atoms with Crippen LogP contribution in [0.3, 0.4) is 0 Å². The van der Waals surface area contributed by atoms with Crippen LogP contribution < -0.4 is 5.32 Å². The van der Waals surface area contributed by atoms with Crippen LogP contribution in [0.5, 0.6) is 0 Å². The second kappa shape index (κ2) is 3.24. The summed E-state index contributed by atoms with van der Waals surface area (Å²) >= 11 is 0. The Hall–Kier alpha value is -0.530. The summed E-state index contributed by atoms with van der Waals surface area (Å²) < 4.78 is 0. The molecule has 1 amide bonds. The second-order valence-electron chi connectivity index (χ2n) is 3.51. The summed E-state index contributed by atoms with van der Waals surface area (Å²) in [6.45, 7) is 4.34. The highest BCUT2D eigenvalue weighted by Crippen LogP contribution is 2.30. The normalized spacial score (nSPS) is 20.7. The molecule has 0 aromatic carbocycles. The van der Waals surface area contributed by atoms with Gasteiger partial charge in [0, 0.05) is 12.0 Å². The molecule has 1 fully saturated rings. The molecule has 1 saturated heterocycles. The number of carbonyl (C=O) groups excluding carboxylic acids is 1. The highest BCUT2D eigenvalue weighted by atomic mass is 16.2. The number of rotatable bonds is 4. The van der Waals surface area contributed by atoms with Gasteiger partial charge in [-0.1, -0.05) is 26.7 Å². The van der Waals surface area contributed by atoms with Gasteiger partial charge >= 0.3 is 0 Å². The molecule has 2 heteroatoms. The molecule has 0 bridgehead atoms. The molecule has 64 valence electrons. The predicted octanol–water partition coefficient (Wildman–Crippen LogP) is 1.85. The summed E-state index contributed by atoms with van der Waals surface area (Å²) in [6.07, 6.45) is 5.38. The molecule has 0 spiro atoms. The minimum atomic E-state index is 0.195. The van der Waals surface area contributed by atoms with Gasteiger partial charge in [-0.3, -0.25) is 4.79 Å². The van der Waals surface area contributed by atoms with Crippen LogP contribution in [0.2, 0.25) is 0 Å². The summed E-state index contributed by atoms with van der Waals surface area (Å²) in [5.41, 5.74) is 0.195. The van der Waals surface area contributed by atoms with Gasteiger partial charge < -0.3 is 5.32 Å². The molecular formula is C9H17NO. The molecule has 11 heavy (non-hydrogen) atoms. The zero-order chi connectivity index (χ0) is 8.32. The number of hydrogen-bond donors (Lipinski definition) is 1. The van der Waals surface area contributed by atoms with Gasteiger partial charge in [0.15, 0.2) is 0 Å². The molecule has 0 radical (unpaired) electrons. The molecular weight excluding hydrogens is 138 g/mol. The van der Waals surface area contributed by atoms with E-state index >= 15 is 0 Å². The molecule has 1 N–H and O–H groups in total. The van der Waals surface area contributed by atoms with Crippen molar-refractivity contribution in [2.75, 3.05) is 0 Å². The zero-order valence-corrected chi connectivity index (χ0v) is 7.44. The fraction of sp³-hybridized carbons (Fsp3) is 0.889. The quantitative estimate of drug-likeness (QED) is 0.617. The van der Waals surface area contributed by atoms with Crippen LogP contribution in [-0.2, 0) is 4.79 Å². The zero-order valence-electron chi connectivity index (χ0n) is 7.44. The van der Waals surface area contributed by atoms with E-state index in [1.54, 1.807) is 0 Å². The molecule has 2 nitrogen and oxygen atoms in total. The Bertz CT molecular complexity index is 138. The average molecular weight is 155 g/mol. The van der Waals surface area contributed by atoms with Gasteiger partial charge in [-0.2, -0.15) is 0 Å². The lowest BCUT2D eigenvalue weighted by Gasteiger charge is -2.42. The Balaban J connectivity index is 2.39. The van der Waals surface area contributed by atoms with E-state index < -0.39 is 0 Å². The summed E-state index contributed by atoms with van der Waals surface area (Å²) in [5, 5.41) is 3.02. The van der Waals surface area contributed by atoms with E-state index in [0.29, 0.717) is 0 Å². The highest BCUT2D eigenvalue weighted by molar-refractivity contribution is 5.84. The second-order valence-corrected chi connectivity index (χ2v) is 3.51. The van der Waals surface area contributed by atoms with Crippen molar-refractivity contribution in [3.63, 3.8) is 0 Å². The Morgan fingerprint density at radius 2 is 1.82 bits per heavy atom. The van der Waals surface area contributed by atoms with Crippen LogP contribution in [-0.4, -0.2) is 11.4 Å². The lowest BCUT2D eigenvalue weighted by molar-refractivity contribution is -0.133. The first-order valence-electron chi connectivity index (χ1n) is 4.53. The largest absolute Gasteiger partial charge is 0.350 e. The van der Waals surface area contributed by atoms with E-state index in [1.807, 2.05) is 0 Å². The molecule has 0 aromatic heterocycles. The number of hydrogen-bond acceptors (Lipinski definition) is 1. The molecule has 0 saturated carbocycles. The van der Waals surface area contributed by atoms with E-state index in [0.717, 1.165) is 19.3 Å². The maximum atomic E-state index is 10.8. The smallest absolute Gasteiger partial charge is 0.222 e. The van der Waals surface area contributed by atoms with Gasteiger partial charge in [-0.25, -0.2) is 0 Å². The average Bonchev–Trinajstić information content (AvgIpc) is 1.86. The fourth-order valence-electron chi connectivity index (χ4n) is 1.97. The third-order valence-corrected chi connectivity index (χ3v) is 2.36. The van der Waals surface area contributed by atoms with Gasteiger partial charge in [0.1, 0.15) is 0 Å². The lowest BCUT2D eigenvalue weighted by Crippen LogP contribution is -2.60. The van der Waals surface area contributed by atoms with Crippen LogP contribution in [0.4, 0.5) is 0 Å². The van der Waals surface area contributed by atoms with E-state index in [9.17, 15) is 4.79 Å². The van der Waals surface area contributed by atoms with Crippen molar-refractivity contribution in [3.05, 3.63) is 0 Å². The van der Waals surface area contributed by atoms with Crippen molar-refractivity contribution in [2.24, 2.45) is 0 Å². The molecule has 0 aromatic rings. The first-order valence-corrected chi connectivity index (χ1v) is 4.53.